The maximum Gasteiger partial charge on any atom is 0.573 e. The van der Waals surface area contributed by atoms with E-state index in [1.165, 1.54) is 0 Å². The van der Waals surface area contributed by atoms with Crippen LogP contribution in [-0.4, -0.2) is 36.5 Å². The van der Waals surface area contributed by atoms with Crippen molar-refractivity contribution in [1.29, 1.82) is 0 Å². The van der Waals surface area contributed by atoms with Crippen LogP contribution in [0.2, 0.25) is 0 Å². The van der Waals surface area contributed by atoms with E-state index >= 15 is 0 Å². The highest BCUT2D eigenvalue weighted by Crippen LogP contribution is 2.36. The fourth-order valence-electron chi connectivity index (χ4n) is 1.20. The number of esters is 1. The number of nitrogens with zero attached hydrogens (tertiary/aromatic N) is 2. The minimum atomic E-state index is -5.14. The maximum absolute atomic E-state index is 12.3. The summed E-state index contributed by atoms with van der Waals surface area (Å²) in [5.74, 6) is -4.14. The van der Waals surface area contributed by atoms with E-state index in [9.17, 15) is 28.1 Å². The van der Waals surface area contributed by atoms with E-state index in [4.69, 9.17) is 0 Å². The minimum absolute atomic E-state index is 0.495. The molecule has 110 valence electrons. The number of halogens is 3. The van der Waals surface area contributed by atoms with Gasteiger partial charge in [0.15, 0.2) is 0 Å². The summed E-state index contributed by atoms with van der Waals surface area (Å²) in [4.78, 5) is 24.2. The first kappa shape index (κ1) is 15.5. The van der Waals surface area contributed by atoms with Crippen molar-refractivity contribution < 1.29 is 37.1 Å². The molecule has 0 amide bonds. The molecule has 1 heterocycles. The van der Waals surface area contributed by atoms with Gasteiger partial charge in [-0.2, -0.15) is 0 Å². The van der Waals surface area contributed by atoms with Gasteiger partial charge < -0.3 is 24.3 Å². The topological polar surface area (TPSA) is 101 Å². The van der Waals surface area contributed by atoms with E-state index in [1.54, 1.807) is 0 Å². The molecule has 0 aromatic carbocycles. The molecule has 1 aromatic rings. The Morgan fingerprint density at radius 1 is 1.40 bits per heavy atom. The van der Waals surface area contributed by atoms with Crippen molar-refractivity contribution in [2.45, 2.75) is 6.36 Å². The number of pyridine rings is 1. The Morgan fingerprint density at radius 2 is 2.00 bits per heavy atom. The van der Waals surface area contributed by atoms with E-state index in [0.717, 1.165) is 14.2 Å². The molecule has 0 aliphatic heterocycles. The van der Waals surface area contributed by atoms with Crippen molar-refractivity contribution in [1.82, 2.24) is 4.98 Å². The molecular formula is C9H7F3N2O6. The van der Waals surface area contributed by atoms with Crippen molar-refractivity contribution in [3.63, 3.8) is 0 Å². The smallest absolute Gasteiger partial charge is 0.465 e. The van der Waals surface area contributed by atoms with Crippen LogP contribution in [0, 0.1) is 10.1 Å². The van der Waals surface area contributed by atoms with E-state index < -0.39 is 40.3 Å². The molecule has 0 N–H and O–H groups in total. The Hall–Kier alpha value is -2.59. The monoisotopic (exact) mass is 296 g/mol. The van der Waals surface area contributed by atoms with E-state index in [-0.39, 0.29) is 0 Å². The normalized spacial score (nSPS) is 10.8. The van der Waals surface area contributed by atoms with E-state index in [1.807, 2.05) is 0 Å². The Balaban J connectivity index is 3.52. The number of rotatable bonds is 4. The summed E-state index contributed by atoms with van der Waals surface area (Å²) in [6.45, 7) is 0. The summed E-state index contributed by atoms with van der Waals surface area (Å²) in [7, 11) is 1.80. The maximum atomic E-state index is 12.3. The molecule has 0 bridgehead atoms. The number of hydrogen-bond acceptors (Lipinski definition) is 7. The van der Waals surface area contributed by atoms with Crippen molar-refractivity contribution in [2.24, 2.45) is 0 Å². The average Bonchev–Trinajstić information content (AvgIpc) is 2.35. The predicted octanol–water partition coefficient (Wildman–Crippen LogP) is 1.68. The molecule has 20 heavy (non-hydrogen) atoms. The lowest BCUT2D eigenvalue weighted by Gasteiger charge is -2.12. The number of carbonyl (C=O) groups is 1. The predicted molar refractivity (Wildman–Crippen MR) is 55.5 cm³/mol. The van der Waals surface area contributed by atoms with Gasteiger partial charge in [-0.25, -0.2) is 4.79 Å². The number of ether oxygens (including phenoxy) is 3. The lowest BCUT2D eigenvalue weighted by atomic mass is 10.2. The first-order valence-electron chi connectivity index (χ1n) is 4.77. The third-order valence-corrected chi connectivity index (χ3v) is 1.93. The van der Waals surface area contributed by atoms with Crippen LogP contribution in [0.5, 0.6) is 11.6 Å². The lowest BCUT2D eigenvalue weighted by molar-refractivity contribution is -0.389. The van der Waals surface area contributed by atoms with Gasteiger partial charge in [-0.05, 0) is 4.92 Å². The lowest BCUT2D eigenvalue weighted by Crippen LogP contribution is -2.20. The van der Waals surface area contributed by atoms with Crippen molar-refractivity contribution in [3.05, 3.63) is 21.7 Å². The molecule has 0 saturated carbocycles. The SMILES string of the molecule is COC(=O)c1cc([N+](=O)[O-])nc(OC)c1OC(F)(F)F. The van der Waals surface area contributed by atoms with Crippen molar-refractivity contribution in [2.75, 3.05) is 14.2 Å². The number of alkyl halides is 3. The molecule has 8 nitrogen and oxygen atoms in total. The number of carbonyl (C=O) groups excluding carboxylic acids is 1. The van der Waals surface area contributed by atoms with Crippen LogP contribution >= 0.6 is 0 Å². The zero-order chi connectivity index (χ0) is 15.5. The molecule has 0 spiro atoms. The Morgan fingerprint density at radius 3 is 2.40 bits per heavy atom. The van der Waals surface area contributed by atoms with Gasteiger partial charge in [0.25, 0.3) is 0 Å². The summed E-state index contributed by atoms with van der Waals surface area (Å²) in [5.41, 5.74) is -0.830. The van der Waals surface area contributed by atoms with Gasteiger partial charge in [0.2, 0.25) is 5.75 Å². The molecule has 0 radical (unpaired) electrons. The molecule has 1 aromatic heterocycles. The van der Waals surface area contributed by atoms with Gasteiger partial charge in [-0.15, -0.1) is 13.2 Å². The van der Waals surface area contributed by atoms with Crippen LogP contribution in [-0.2, 0) is 4.74 Å². The Kier molecular flexibility index (Phi) is 4.32. The summed E-state index contributed by atoms with van der Waals surface area (Å²) >= 11 is 0. The van der Waals surface area contributed by atoms with Crippen molar-refractivity contribution in [3.8, 4) is 11.6 Å². The highest BCUT2D eigenvalue weighted by atomic mass is 19.4. The van der Waals surface area contributed by atoms with Crippen LogP contribution in [0.3, 0.4) is 0 Å². The number of nitro groups is 1. The van der Waals surface area contributed by atoms with Gasteiger partial charge in [0.1, 0.15) is 5.56 Å². The van der Waals surface area contributed by atoms with Crippen LogP contribution in [0.1, 0.15) is 10.4 Å². The molecule has 11 heteroatoms. The fraction of sp³-hybridized carbons (Fsp3) is 0.333. The number of hydrogen-bond donors (Lipinski definition) is 0. The second-order valence-corrected chi connectivity index (χ2v) is 3.16. The quantitative estimate of drug-likeness (QED) is 0.473. The molecule has 1 rings (SSSR count). The van der Waals surface area contributed by atoms with Gasteiger partial charge >= 0.3 is 24.0 Å². The van der Waals surface area contributed by atoms with Crippen LogP contribution in [0.25, 0.3) is 0 Å². The Bertz CT molecular complexity index is 545. The Labute approximate surface area is 109 Å². The molecule has 0 atom stereocenters. The molecular weight excluding hydrogens is 289 g/mol. The van der Waals surface area contributed by atoms with Crippen LogP contribution in [0.4, 0.5) is 19.0 Å². The molecule has 0 aliphatic carbocycles. The first-order chi connectivity index (χ1) is 9.19. The first-order valence-corrected chi connectivity index (χ1v) is 4.77. The van der Waals surface area contributed by atoms with Crippen molar-refractivity contribution >= 4 is 11.8 Å². The molecule has 0 fully saturated rings. The fourth-order valence-corrected chi connectivity index (χ4v) is 1.20. The highest BCUT2D eigenvalue weighted by Gasteiger charge is 2.38. The summed E-state index contributed by atoms with van der Waals surface area (Å²) in [6, 6.07) is 0.495. The largest absolute Gasteiger partial charge is 0.573 e. The van der Waals surface area contributed by atoms with Gasteiger partial charge in [0, 0.05) is 4.98 Å². The van der Waals surface area contributed by atoms with E-state index in [2.05, 4.69) is 19.2 Å². The van der Waals surface area contributed by atoms with Crippen LogP contribution < -0.4 is 9.47 Å². The van der Waals surface area contributed by atoms with E-state index in [0.29, 0.717) is 6.07 Å². The zero-order valence-corrected chi connectivity index (χ0v) is 10.1. The molecule has 0 unspecified atom stereocenters. The summed E-state index contributed by atoms with van der Waals surface area (Å²) in [5, 5.41) is 10.6. The second kappa shape index (κ2) is 5.59. The number of aromatic nitrogens is 1. The minimum Gasteiger partial charge on any atom is -0.465 e. The average molecular weight is 296 g/mol. The van der Waals surface area contributed by atoms with Gasteiger partial charge in [-0.1, -0.05) is 0 Å². The van der Waals surface area contributed by atoms with Gasteiger partial charge in [0.05, 0.1) is 20.3 Å². The molecule has 0 aliphatic rings. The number of methoxy groups -OCH3 is 2. The summed E-state index contributed by atoms with van der Waals surface area (Å²) < 4.78 is 49.1. The third kappa shape index (κ3) is 3.46. The van der Waals surface area contributed by atoms with Gasteiger partial charge in [-0.3, -0.25) is 0 Å². The second-order valence-electron chi connectivity index (χ2n) is 3.16. The summed E-state index contributed by atoms with van der Waals surface area (Å²) in [6.07, 6.45) is -5.14. The zero-order valence-electron chi connectivity index (χ0n) is 10.1. The third-order valence-electron chi connectivity index (χ3n) is 1.93. The van der Waals surface area contributed by atoms with Crippen LogP contribution in [0.15, 0.2) is 6.07 Å². The highest BCUT2D eigenvalue weighted by molar-refractivity contribution is 5.93. The standard InChI is InChI=1S/C9H7F3N2O6/c1-18-7-6(20-9(10,11)12)4(8(15)19-2)3-5(13-7)14(16)17/h3H,1-2H3. The molecule has 0 saturated heterocycles.